The van der Waals surface area contributed by atoms with Gasteiger partial charge in [-0.2, -0.15) is 5.10 Å². The third-order valence-corrected chi connectivity index (χ3v) is 3.58. The molecule has 3 rings (SSSR count). The Balaban J connectivity index is 1.72. The molecule has 0 aliphatic rings. The lowest BCUT2D eigenvalue weighted by Gasteiger charge is -2.13. The summed E-state index contributed by atoms with van der Waals surface area (Å²) in [6, 6.07) is 15.6. The smallest absolute Gasteiger partial charge is 0.254 e. The van der Waals surface area contributed by atoms with Crippen LogP contribution in [-0.4, -0.2) is 15.7 Å². The molecule has 0 spiro atoms. The largest absolute Gasteiger partial charge is 0.345 e. The lowest BCUT2D eigenvalue weighted by molar-refractivity contribution is 0.0940. The number of benzene rings is 2. The van der Waals surface area contributed by atoms with Gasteiger partial charge in [0.25, 0.3) is 5.91 Å². The van der Waals surface area contributed by atoms with Gasteiger partial charge in [0.15, 0.2) is 0 Å². The second-order valence-corrected chi connectivity index (χ2v) is 5.26. The zero-order valence-corrected chi connectivity index (χ0v) is 12.6. The Labute approximate surface area is 133 Å². The van der Waals surface area contributed by atoms with Gasteiger partial charge in [0.2, 0.25) is 0 Å². The fourth-order valence-corrected chi connectivity index (χ4v) is 2.28. The number of rotatable bonds is 4. The van der Waals surface area contributed by atoms with Gasteiger partial charge in [-0.3, -0.25) is 4.79 Å². The normalized spacial score (nSPS) is 11.9. The summed E-state index contributed by atoms with van der Waals surface area (Å²) in [4.78, 5) is 12.3. The van der Waals surface area contributed by atoms with Crippen LogP contribution >= 0.6 is 0 Å². The van der Waals surface area contributed by atoms with Gasteiger partial charge in [-0.1, -0.05) is 30.3 Å². The molecule has 5 heteroatoms. The number of carbonyl (C=O) groups excluding carboxylic acids is 1. The van der Waals surface area contributed by atoms with Crippen LogP contribution in [0.25, 0.3) is 5.69 Å². The van der Waals surface area contributed by atoms with E-state index in [1.807, 2.05) is 37.3 Å². The molecule has 0 bridgehead atoms. The SMILES string of the molecule is C[C@@H](NC(=O)c1cnn(-c2ccc(F)cc2)c1)c1ccccc1. The van der Waals surface area contributed by atoms with E-state index >= 15 is 0 Å². The quantitative estimate of drug-likeness (QED) is 0.802. The summed E-state index contributed by atoms with van der Waals surface area (Å²) < 4.78 is 14.5. The Morgan fingerprint density at radius 1 is 1.13 bits per heavy atom. The summed E-state index contributed by atoms with van der Waals surface area (Å²) in [7, 11) is 0. The highest BCUT2D eigenvalue weighted by Crippen LogP contribution is 2.13. The summed E-state index contributed by atoms with van der Waals surface area (Å²) in [5.41, 5.74) is 2.19. The van der Waals surface area contributed by atoms with Gasteiger partial charge < -0.3 is 5.32 Å². The van der Waals surface area contributed by atoms with Gasteiger partial charge in [-0.05, 0) is 36.8 Å². The van der Waals surface area contributed by atoms with Crippen molar-refractivity contribution in [3.63, 3.8) is 0 Å². The first-order valence-electron chi connectivity index (χ1n) is 7.30. The molecule has 1 atom stereocenters. The van der Waals surface area contributed by atoms with E-state index in [1.165, 1.54) is 18.3 Å². The third-order valence-electron chi connectivity index (χ3n) is 3.58. The maximum Gasteiger partial charge on any atom is 0.254 e. The second kappa shape index (κ2) is 6.44. The Hall–Kier alpha value is -2.95. The Kier molecular flexibility index (Phi) is 4.19. The Morgan fingerprint density at radius 3 is 2.52 bits per heavy atom. The summed E-state index contributed by atoms with van der Waals surface area (Å²) in [5.74, 6) is -0.509. The summed E-state index contributed by atoms with van der Waals surface area (Å²) in [6.45, 7) is 1.93. The molecule has 0 aliphatic carbocycles. The minimum absolute atomic E-state index is 0.0992. The van der Waals surface area contributed by atoms with Crippen molar-refractivity contribution in [3.05, 3.63) is 83.9 Å². The maximum atomic E-state index is 12.9. The number of hydrogen-bond donors (Lipinski definition) is 1. The van der Waals surface area contributed by atoms with Crippen LogP contribution in [0.5, 0.6) is 0 Å². The van der Waals surface area contributed by atoms with Gasteiger partial charge in [0.05, 0.1) is 23.5 Å². The average Bonchev–Trinajstić information content (AvgIpc) is 3.06. The van der Waals surface area contributed by atoms with Crippen LogP contribution in [-0.2, 0) is 0 Å². The topological polar surface area (TPSA) is 46.9 Å². The van der Waals surface area contributed by atoms with Crippen LogP contribution in [0, 0.1) is 5.82 Å². The van der Waals surface area contributed by atoms with Crippen molar-refractivity contribution in [3.8, 4) is 5.69 Å². The van der Waals surface area contributed by atoms with E-state index in [2.05, 4.69) is 10.4 Å². The van der Waals surface area contributed by atoms with Gasteiger partial charge in [0.1, 0.15) is 5.82 Å². The van der Waals surface area contributed by atoms with Crippen molar-refractivity contribution in [1.29, 1.82) is 0 Å². The van der Waals surface area contributed by atoms with Crippen LogP contribution < -0.4 is 5.32 Å². The number of nitrogens with zero attached hydrogens (tertiary/aromatic N) is 2. The molecule has 3 aromatic rings. The van der Waals surface area contributed by atoms with E-state index in [9.17, 15) is 9.18 Å². The molecule has 4 nitrogen and oxygen atoms in total. The molecule has 1 heterocycles. The molecule has 1 aromatic heterocycles. The number of nitrogens with one attached hydrogen (secondary N) is 1. The molecule has 1 amide bonds. The van der Waals surface area contributed by atoms with Crippen molar-refractivity contribution in [2.75, 3.05) is 0 Å². The lowest BCUT2D eigenvalue weighted by atomic mass is 10.1. The molecular weight excluding hydrogens is 293 g/mol. The monoisotopic (exact) mass is 309 g/mol. The van der Waals surface area contributed by atoms with Gasteiger partial charge in [0, 0.05) is 6.20 Å². The fourth-order valence-electron chi connectivity index (χ4n) is 2.28. The van der Waals surface area contributed by atoms with Crippen LogP contribution in [0.15, 0.2) is 67.0 Å². The van der Waals surface area contributed by atoms with E-state index in [0.29, 0.717) is 11.3 Å². The zero-order chi connectivity index (χ0) is 16.2. The number of hydrogen-bond acceptors (Lipinski definition) is 2. The molecule has 1 N–H and O–H groups in total. The summed E-state index contributed by atoms with van der Waals surface area (Å²) in [6.07, 6.45) is 3.12. The summed E-state index contributed by atoms with van der Waals surface area (Å²) in [5, 5.41) is 7.08. The molecule has 0 unspecified atom stereocenters. The van der Waals surface area contributed by atoms with Crippen molar-refractivity contribution >= 4 is 5.91 Å². The van der Waals surface area contributed by atoms with Crippen molar-refractivity contribution in [2.24, 2.45) is 0 Å². The number of amides is 1. The fraction of sp³-hybridized carbons (Fsp3) is 0.111. The number of aromatic nitrogens is 2. The molecule has 0 aliphatic heterocycles. The van der Waals surface area contributed by atoms with Gasteiger partial charge in [-0.25, -0.2) is 9.07 Å². The second-order valence-electron chi connectivity index (χ2n) is 5.26. The standard InChI is InChI=1S/C18H16FN3O/c1-13(14-5-3-2-4-6-14)21-18(23)15-11-20-22(12-15)17-9-7-16(19)8-10-17/h2-13H,1H3,(H,21,23)/t13-/m1/s1. The van der Waals surface area contributed by atoms with E-state index in [4.69, 9.17) is 0 Å². The lowest BCUT2D eigenvalue weighted by Crippen LogP contribution is -2.26. The van der Waals surface area contributed by atoms with Gasteiger partial charge >= 0.3 is 0 Å². The van der Waals surface area contributed by atoms with Crippen LogP contribution in [0.2, 0.25) is 0 Å². The first-order chi connectivity index (χ1) is 11.1. The minimum atomic E-state index is -0.310. The van der Waals surface area contributed by atoms with Crippen LogP contribution in [0.3, 0.4) is 0 Å². The molecule has 0 saturated carbocycles. The van der Waals surface area contributed by atoms with E-state index in [-0.39, 0.29) is 17.8 Å². The molecule has 0 fully saturated rings. The average molecular weight is 309 g/mol. The van der Waals surface area contributed by atoms with Gasteiger partial charge in [-0.15, -0.1) is 0 Å². The predicted octanol–water partition coefficient (Wildman–Crippen LogP) is 3.50. The van der Waals surface area contributed by atoms with Crippen LogP contribution in [0.1, 0.15) is 28.9 Å². The van der Waals surface area contributed by atoms with E-state index in [0.717, 1.165) is 5.56 Å². The van der Waals surface area contributed by atoms with E-state index in [1.54, 1.807) is 23.0 Å². The molecule has 0 radical (unpaired) electrons. The highest BCUT2D eigenvalue weighted by Gasteiger charge is 2.13. The molecular formula is C18H16FN3O. The molecule has 2 aromatic carbocycles. The molecule has 0 saturated heterocycles. The highest BCUT2D eigenvalue weighted by atomic mass is 19.1. The summed E-state index contributed by atoms with van der Waals surface area (Å²) >= 11 is 0. The Morgan fingerprint density at radius 2 is 1.83 bits per heavy atom. The van der Waals surface area contributed by atoms with E-state index < -0.39 is 0 Å². The maximum absolute atomic E-state index is 12.9. The first kappa shape index (κ1) is 15.0. The van der Waals surface area contributed by atoms with Crippen molar-refractivity contribution in [1.82, 2.24) is 15.1 Å². The highest BCUT2D eigenvalue weighted by molar-refractivity contribution is 5.94. The Bertz CT molecular complexity index is 797. The van der Waals surface area contributed by atoms with Crippen molar-refractivity contribution in [2.45, 2.75) is 13.0 Å². The predicted molar refractivity (Wildman–Crippen MR) is 85.8 cm³/mol. The third kappa shape index (κ3) is 3.45. The first-order valence-corrected chi connectivity index (χ1v) is 7.30. The number of carbonyl (C=O) groups is 1. The number of halogens is 1. The molecule has 23 heavy (non-hydrogen) atoms. The van der Waals surface area contributed by atoms with Crippen molar-refractivity contribution < 1.29 is 9.18 Å². The zero-order valence-electron chi connectivity index (χ0n) is 12.6. The van der Waals surface area contributed by atoms with Crippen LogP contribution in [0.4, 0.5) is 4.39 Å². The minimum Gasteiger partial charge on any atom is -0.345 e. The molecule has 116 valence electrons.